The second-order valence-electron chi connectivity index (χ2n) is 3.95. The van der Waals surface area contributed by atoms with E-state index in [-0.39, 0.29) is 6.42 Å². The van der Waals surface area contributed by atoms with E-state index in [4.69, 9.17) is 9.84 Å². The van der Waals surface area contributed by atoms with Crippen molar-refractivity contribution in [2.75, 3.05) is 33.4 Å². The summed E-state index contributed by atoms with van der Waals surface area (Å²) in [6, 6.07) is 0. The van der Waals surface area contributed by atoms with Crippen molar-refractivity contribution in [1.82, 2.24) is 4.90 Å². The largest absolute Gasteiger partial charge is 0.481 e. The van der Waals surface area contributed by atoms with E-state index in [0.717, 1.165) is 25.9 Å². The van der Waals surface area contributed by atoms with Gasteiger partial charge < -0.3 is 14.7 Å². The normalized spacial score (nSPS) is 9.21. The molecule has 0 bridgehead atoms. The Morgan fingerprint density at radius 2 is 1.58 bits per heavy atom. The Labute approximate surface area is 120 Å². The highest BCUT2D eigenvalue weighted by Gasteiger charge is 1.95. The molecule has 0 aliphatic heterocycles. The van der Waals surface area contributed by atoms with Crippen LogP contribution in [0, 0.1) is 0 Å². The van der Waals surface area contributed by atoms with Crippen LogP contribution in [-0.4, -0.2) is 49.3 Å². The fourth-order valence-corrected chi connectivity index (χ4v) is 0.939. The minimum absolute atomic E-state index is 0.117. The second kappa shape index (κ2) is 22.6. The molecule has 0 rings (SSSR count). The van der Waals surface area contributed by atoms with E-state index in [9.17, 15) is 4.79 Å². The van der Waals surface area contributed by atoms with Crippen LogP contribution in [0.1, 0.15) is 60.3 Å². The molecule has 0 atom stereocenters. The molecule has 0 amide bonds. The Hall–Kier alpha value is -0.610. The maximum Gasteiger partial charge on any atom is 0.305 e. The quantitative estimate of drug-likeness (QED) is 0.654. The van der Waals surface area contributed by atoms with Gasteiger partial charge in [0.25, 0.3) is 0 Å². The summed E-state index contributed by atoms with van der Waals surface area (Å²) in [5, 5.41) is 8.24. The van der Waals surface area contributed by atoms with Gasteiger partial charge in [0.15, 0.2) is 0 Å². The summed E-state index contributed by atoms with van der Waals surface area (Å²) >= 11 is 0. The SMILES string of the molecule is CC.CCCCCOCCC(=O)O.CCN(C)CC. The molecule has 0 aromatic carbocycles. The number of carboxylic acids is 1. The third kappa shape index (κ3) is 31.7. The number of nitrogens with zero attached hydrogens (tertiary/aromatic N) is 1. The van der Waals surface area contributed by atoms with Gasteiger partial charge in [-0.05, 0) is 26.6 Å². The highest BCUT2D eigenvalue weighted by Crippen LogP contribution is 1.94. The number of hydrogen-bond donors (Lipinski definition) is 1. The molecule has 0 saturated heterocycles. The van der Waals surface area contributed by atoms with Crippen molar-refractivity contribution in [3.05, 3.63) is 0 Å². The molecule has 0 spiro atoms. The van der Waals surface area contributed by atoms with E-state index in [0.29, 0.717) is 13.2 Å². The molecule has 0 aromatic heterocycles. The molecule has 0 aromatic rings. The van der Waals surface area contributed by atoms with Crippen molar-refractivity contribution < 1.29 is 14.6 Å². The number of ether oxygens (including phenoxy) is 1. The molecule has 19 heavy (non-hydrogen) atoms. The van der Waals surface area contributed by atoms with Gasteiger partial charge in [0.1, 0.15) is 0 Å². The monoisotopic (exact) mass is 277 g/mol. The molecule has 0 saturated carbocycles. The lowest BCUT2D eigenvalue weighted by Gasteiger charge is -2.07. The first-order chi connectivity index (χ1) is 9.08. The molecule has 0 unspecified atom stereocenters. The van der Waals surface area contributed by atoms with Crippen LogP contribution in [0.3, 0.4) is 0 Å². The Morgan fingerprint density at radius 3 is 1.89 bits per heavy atom. The van der Waals surface area contributed by atoms with Crippen LogP contribution >= 0.6 is 0 Å². The number of rotatable bonds is 9. The first-order valence-corrected chi connectivity index (χ1v) is 7.56. The zero-order valence-corrected chi connectivity index (χ0v) is 13.9. The minimum atomic E-state index is -0.791. The lowest BCUT2D eigenvalue weighted by atomic mass is 10.3. The summed E-state index contributed by atoms with van der Waals surface area (Å²) in [5.74, 6) is -0.791. The zero-order valence-electron chi connectivity index (χ0n) is 13.9. The average molecular weight is 277 g/mol. The molecule has 4 heteroatoms. The third-order valence-electron chi connectivity index (χ3n) is 2.43. The van der Waals surface area contributed by atoms with Gasteiger partial charge in [-0.2, -0.15) is 0 Å². The van der Waals surface area contributed by atoms with Crippen molar-refractivity contribution in [2.45, 2.75) is 60.3 Å². The van der Waals surface area contributed by atoms with Crippen LogP contribution in [0.25, 0.3) is 0 Å². The third-order valence-corrected chi connectivity index (χ3v) is 2.43. The molecule has 0 aliphatic carbocycles. The van der Waals surface area contributed by atoms with Crippen molar-refractivity contribution in [3.8, 4) is 0 Å². The molecule has 0 heterocycles. The Morgan fingerprint density at radius 1 is 1.05 bits per heavy atom. The standard InChI is InChI=1S/C8H16O3.C5H13N.C2H6/c1-2-3-4-6-11-7-5-8(9)10;1-4-6(3)5-2;1-2/h2-7H2,1H3,(H,9,10);4-5H2,1-3H3;1-2H3. The molecular weight excluding hydrogens is 242 g/mol. The lowest BCUT2D eigenvalue weighted by Crippen LogP contribution is -2.15. The van der Waals surface area contributed by atoms with Gasteiger partial charge in [-0.3, -0.25) is 4.79 Å². The molecule has 0 aliphatic rings. The lowest BCUT2D eigenvalue weighted by molar-refractivity contribution is -0.138. The number of aliphatic carboxylic acids is 1. The van der Waals surface area contributed by atoms with Crippen molar-refractivity contribution >= 4 is 5.97 Å². The van der Waals surface area contributed by atoms with Gasteiger partial charge in [-0.1, -0.05) is 47.5 Å². The Kier molecular flexibility index (Phi) is 27.9. The smallest absolute Gasteiger partial charge is 0.305 e. The Balaban J connectivity index is -0.000000271. The number of unbranched alkanes of at least 4 members (excludes halogenated alkanes) is 2. The summed E-state index contributed by atoms with van der Waals surface area (Å²) < 4.78 is 5.07. The highest BCUT2D eigenvalue weighted by molar-refractivity contribution is 5.66. The zero-order chi connectivity index (χ0) is 15.5. The van der Waals surface area contributed by atoms with Crippen molar-refractivity contribution in [1.29, 1.82) is 0 Å². The van der Waals surface area contributed by atoms with E-state index in [1.54, 1.807) is 0 Å². The predicted molar refractivity (Wildman–Crippen MR) is 82.8 cm³/mol. The van der Waals surface area contributed by atoms with E-state index >= 15 is 0 Å². The second-order valence-corrected chi connectivity index (χ2v) is 3.95. The summed E-state index contributed by atoms with van der Waals surface area (Å²) in [5.41, 5.74) is 0. The van der Waals surface area contributed by atoms with Gasteiger partial charge in [-0.25, -0.2) is 0 Å². The Bertz CT molecular complexity index is 159. The first-order valence-electron chi connectivity index (χ1n) is 7.56. The molecule has 118 valence electrons. The minimum Gasteiger partial charge on any atom is -0.481 e. The van der Waals surface area contributed by atoms with Crippen molar-refractivity contribution in [3.63, 3.8) is 0 Å². The molecule has 0 fully saturated rings. The summed E-state index contributed by atoms with van der Waals surface area (Å²) in [6.45, 7) is 13.8. The van der Waals surface area contributed by atoms with E-state index in [1.165, 1.54) is 6.42 Å². The van der Waals surface area contributed by atoms with Gasteiger partial charge in [-0.15, -0.1) is 0 Å². The van der Waals surface area contributed by atoms with Crippen LogP contribution in [0.15, 0.2) is 0 Å². The molecular formula is C15H35NO3. The molecule has 0 radical (unpaired) electrons. The summed E-state index contributed by atoms with van der Waals surface area (Å²) in [7, 11) is 2.11. The maximum absolute atomic E-state index is 10.0. The number of hydrogen-bond acceptors (Lipinski definition) is 3. The van der Waals surface area contributed by atoms with Crippen LogP contribution in [-0.2, 0) is 9.53 Å². The van der Waals surface area contributed by atoms with Gasteiger partial charge in [0, 0.05) is 6.61 Å². The first kappa shape index (κ1) is 23.5. The highest BCUT2D eigenvalue weighted by atomic mass is 16.5. The molecule has 4 nitrogen and oxygen atoms in total. The van der Waals surface area contributed by atoms with Crippen LogP contribution in [0.4, 0.5) is 0 Å². The topological polar surface area (TPSA) is 49.8 Å². The molecule has 1 N–H and O–H groups in total. The van der Waals surface area contributed by atoms with Crippen LogP contribution < -0.4 is 0 Å². The maximum atomic E-state index is 10.0. The van der Waals surface area contributed by atoms with Crippen LogP contribution in [0.5, 0.6) is 0 Å². The fraction of sp³-hybridized carbons (Fsp3) is 0.933. The van der Waals surface area contributed by atoms with Gasteiger partial charge in [0.2, 0.25) is 0 Å². The number of carbonyl (C=O) groups is 1. The number of carboxylic acid groups (broad SMARTS) is 1. The average Bonchev–Trinajstić information content (AvgIpc) is 2.44. The fourth-order valence-electron chi connectivity index (χ4n) is 0.939. The summed E-state index contributed by atoms with van der Waals surface area (Å²) in [6.07, 6.45) is 3.48. The van der Waals surface area contributed by atoms with E-state index < -0.39 is 5.97 Å². The van der Waals surface area contributed by atoms with E-state index in [1.807, 2.05) is 13.8 Å². The van der Waals surface area contributed by atoms with Gasteiger partial charge >= 0.3 is 5.97 Å². The van der Waals surface area contributed by atoms with Gasteiger partial charge in [0.05, 0.1) is 13.0 Å². The summed E-state index contributed by atoms with van der Waals surface area (Å²) in [4.78, 5) is 12.3. The van der Waals surface area contributed by atoms with Crippen molar-refractivity contribution in [2.24, 2.45) is 0 Å². The van der Waals surface area contributed by atoms with E-state index in [2.05, 4.69) is 32.7 Å². The van der Waals surface area contributed by atoms with Crippen LogP contribution in [0.2, 0.25) is 0 Å². The predicted octanol–water partition coefficient (Wildman–Crippen LogP) is 3.65.